The van der Waals surface area contributed by atoms with Crippen LogP contribution in [-0.4, -0.2) is 21.2 Å². The van der Waals surface area contributed by atoms with E-state index in [2.05, 4.69) is 22.8 Å². The number of benzene rings is 3. The summed E-state index contributed by atoms with van der Waals surface area (Å²) in [5, 5.41) is 5.65. The van der Waals surface area contributed by atoms with Crippen LogP contribution in [0.2, 0.25) is 0 Å². The Bertz CT molecular complexity index is 1520. The SMILES string of the molecule is Cc1c(NC(=O)c2cccc(NC(=O)Cc3ccc4c(c3)CCC4)c2)c(=O)n(-c2ccccc2)n1C. The first-order valence-corrected chi connectivity index (χ1v) is 12.1. The number of nitrogens with zero attached hydrogens (tertiary/aromatic N) is 2. The van der Waals surface area contributed by atoms with E-state index in [-0.39, 0.29) is 23.6 Å². The van der Waals surface area contributed by atoms with Crippen molar-refractivity contribution in [2.75, 3.05) is 10.6 Å². The molecule has 0 saturated heterocycles. The van der Waals surface area contributed by atoms with E-state index in [1.807, 2.05) is 36.4 Å². The Balaban J connectivity index is 1.30. The fourth-order valence-corrected chi connectivity index (χ4v) is 4.76. The molecular formula is C29H28N4O3. The van der Waals surface area contributed by atoms with Gasteiger partial charge in [-0.05, 0) is 73.2 Å². The molecule has 0 aliphatic heterocycles. The maximum Gasteiger partial charge on any atom is 0.295 e. The first kappa shape index (κ1) is 23.4. The second kappa shape index (κ2) is 9.70. The van der Waals surface area contributed by atoms with Crippen LogP contribution in [0.15, 0.2) is 77.6 Å². The molecule has 0 fully saturated rings. The van der Waals surface area contributed by atoms with E-state index < -0.39 is 5.91 Å². The predicted octanol–water partition coefficient (Wildman–Crippen LogP) is 4.41. The van der Waals surface area contributed by atoms with E-state index in [1.54, 1.807) is 42.9 Å². The molecule has 0 unspecified atom stereocenters. The minimum atomic E-state index is -0.421. The summed E-state index contributed by atoms with van der Waals surface area (Å²) in [7, 11) is 1.77. The van der Waals surface area contributed by atoms with E-state index >= 15 is 0 Å². The largest absolute Gasteiger partial charge is 0.326 e. The number of fused-ring (bicyclic) bond motifs is 1. The van der Waals surface area contributed by atoms with E-state index in [1.165, 1.54) is 22.2 Å². The van der Waals surface area contributed by atoms with Gasteiger partial charge in [-0.2, -0.15) is 0 Å². The zero-order valence-electron chi connectivity index (χ0n) is 20.4. The summed E-state index contributed by atoms with van der Waals surface area (Å²) >= 11 is 0. The van der Waals surface area contributed by atoms with Crippen LogP contribution in [0.25, 0.3) is 5.69 Å². The average molecular weight is 481 g/mol. The van der Waals surface area contributed by atoms with Crippen molar-refractivity contribution in [3.8, 4) is 5.69 Å². The van der Waals surface area contributed by atoms with Crippen LogP contribution >= 0.6 is 0 Å². The molecule has 4 aromatic rings. The van der Waals surface area contributed by atoms with Gasteiger partial charge in [-0.3, -0.25) is 19.1 Å². The maximum absolute atomic E-state index is 13.1. The minimum Gasteiger partial charge on any atom is -0.326 e. The molecule has 7 heteroatoms. The molecule has 0 spiro atoms. The Morgan fingerprint density at radius 2 is 1.67 bits per heavy atom. The van der Waals surface area contributed by atoms with Crippen molar-refractivity contribution in [3.63, 3.8) is 0 Å². The summed E-state index contributed by atoms with van der Waals surface area (Å²) in [5.41, 5.74) is 5.82. The lowest BCUT2D eigenvalue weighted by Crippen LogP contribution is -2.23. The number of hydrogen-bond donors (Lipinski definition) is 2. The Kier molecular flexibility index (Phi) is 6.29. The highest BCUT2D eigenvalue weighted by molar-refractivity contribution is 6.05. The maximum atomic E-state index is 13.1. The lowest BCUT2D eigenvalue weighted by atomic mass is 10.0. The van der Waals surface area contributed by atoms with Gasteiger partial charge < -0.3 is 10.6 Å². The zero-order valence-corrected chi connectivity index (χ0v) is 20.4. The number of aromatic nitrogens is 2. The molecule has 3 aromatic carbocycles. The molecule has 1 heterocycles. The lowest BCUT2D eigenvalue weighted by molar-refractivity contribution is -0.115. The van der Waals surface area contributed by atoms with Gasteiger partial charge in [0.2, 0.25) is 5.91 Å². The van der Waals surface area contributed by atoms with Gasteiger partial charge in [0.1, 0.15) is 5.69 Å². The zero-order chi connectivity index (χ0) is 25.2. The third-order valence-corrected chi connectivity index (χ3v) is 6.73. The van der Waals surface area contributed by atoms with Gasteiger partial charge in [-0.25, -0.2) is 4.68 Å². The van der Waals surface area contributed by atoms with Crippen LogP contribution in [0.1, 0.15) is 39.2 Å². The molecule has 182 valence electrons. The molecule has 2 amide bonds. The normalized spacial score (nSPS) is 12.3. The number of carbonyl (C=O) groups excluding carboxylic acids is 2. The van der Waals surface area contributed by atoms with Gasteiger partial charge in [0.25, 0.3) is 11.5 Å². The van der Waals surface area contributed by atoms with Gasteiger partial charge in [0.15, 0.2) is 0 Å². The number of rotatable bonds is 6. The van der Waals surface area contributed by atoms with E-state index in [0.29, 0.717) is 22.6 Å². The van der Waals surface area contributed by atoms with Crippen molar-refractivity contribution < 1.29 is 9.59 Å². The average Bonchev–Trinajstić information content (AvgIpc) is 3.42. The monoisotopic (exact) mass is 480 g/mol. The van der Waals surface area contributed by atoms with Crippen molar-refractivity contribution in [2.24, 2.45) is 7.05 Å². The molecule has 5 rings (SSSR count). The summed E-state index contributed by atoms with van der Waals surface area (Å²) in [6.45, 7) is 1.78. The molecule has 1 aromatic heterocycles. The first-order chi connectivity index (χ1) is 17.4. The van der Waals surface area contributed by atoms with Gasteiger partial charge in [0.05, 0.1) is 17.8 Å². The molecule has 0 radical (unpaired) electrons. The van der Waals surface area contributed by atoms with Gasteiger partial charge in [0, 0.05) is 18.3 Å². The predicted molar refractivity (Wildman–Crippen MR) is 141 cm³/mol. The summed E-state index contributed by atoms with van der Waals surface area (Å²) in [5.74, 6) is -0.564. The minimum absolute atomic E-state index is 0.143. The first-order valence-electron chi connectivity index (χ1n) is 12.1. The number of para-hydroxylation sites is 1. The molecule has 7 nitrogen and oxygen atoms in total. The van der Waals surface area contributed by atoms with Crippen molar-refractivity contribution in [1.29, 1.82) is 0 Å². The van der Waals surface area contributed by atoms with Crippen LogP contribution in [0.4, 0.5) is 11.4 Å². The Hall–Kier alpha value is -4.39. The molecular weight excluding hydrogens is 452 g/mol. The van der Waals surface area contributed by atoms with E-state index in [9.17, 15) is 14.4 Å². The number of anilines is 2. The molecule has 1 aliphatic rings. The molecule has 0 saturated carbocycles. The number of hydrogen-bond acceptors (Lipinski definition) is 3. The second-order valence-corrected chi connectivity index (χ2v) is 9.15. The number of carbonyl (C=O) groups is 2. The van der Waals surface area contributed by atoms with Crippen LogP contribution in [0, 0.1) is 6.92 Å². The fraction of sp³-hybridized carbons (Fsp3) is 0.207. The fourth-order valence-electron chi connectivity index (χ4n) is 4.76. The Labute approximate surface area is 209 Å². The topological polar surface area (TPSA) is 85.1 Å². The van der Waals surface area contributed by atoms with E-state index in [0.717, 1.165) is 18.4 Å². The van der Waals surface area contributed by atoms with Crippen molar-refractivity contribution >= 4 is 23.2 Å². The summed E-state index contributed by atoms with van der Waals surface area (Å²) < 4.78 is 3.23. The van der Waals surface area contributed by atoms with Gasteiger partial charge in [-0.1, -0.05) is 42.5 Å². The molecule has 0 bridgehead atoms. The van der Waals surface area contributed by atoms with E-state index in [4.69, 9.17) is 0 Å². The number of aryl methyl sites for hydroxylation is 2. The van der Waals surface area contributed by atoms with Crippen LogP contribution in [-0.2, 0) is 31.1 Å². The van der Waals surface area contributed by atoms with Crippen molar-refractivity contribution in [1.82, 2.24) is 9.36 Å². The standard InChI is InChI=1S/C29H28N4O3/c1-19-27(29(36)33(32(19)2)25-12-4-3-5-13-25)31-28(35)23-10-7-11-24(18-23)30-26(34)17-20-14-15-21-8-6-9-22(21)16-20/h3-5,7,10-16,18H,6,8-9,17H2,1-2H3,(H,30,34)(H,31,35). The van der Waals surface area contributed by atoms with Crippen molar-refractivity contribution in [2.45, 2.75) is 32.6 Å². The Morgan fingerprint density at radius 1 is 0.889 bits per heavy atom. The summed E-state index contributed by atoms with van der Waals surface area (Å²) in [4.78, 5) is 38.8. The quantitative estimate of drug-likeness (QED) is 0.429. The van der Waals surface area contributed by atoms with Crippen LogP contribution < -0.4 is 16.2 Å². The lowest BCUT2D eigenvalue weighted by Gasteiger charge is -2.09. The molecule has 1 aliphatic carbocycles. The number of amides is 2. The second-order valence-electron chi connectivity index (χ2n) is 9.15. The third kappa shape index (κ3) is 4.60. The van der Waals surface area contributed by atoms with Gasteiger partial charge >= 0.3 is 0 Å². The Morgan fingerprint density at radius 3 is 2.47 bits per heavy atom. The van der Waals surface area contributed by atoms with Crippen LogP contribution in [0.3, 0.4) is 0 Å². The molecule has 2 N–H and O–H groups in total. The smallest absolute Gasteiger partial charge is 0.295 e. The molecule has 36 heavy (non-hydrogen) atoms. The summed E-state index contributed by atoms with van der Waals surface area (Å²) in [6.07, 6.45) is 3.62. The highest BCUT2D eigenvalue weighted by Gasteiger charge is 2.19. The number of nitrogens with one attached hydrogen (secondary N) is 2. The highest BCUT2D eigenvalue weighted by Crippen LogP contribution is 2.23. The molecule has 0 atom stereocenters. The van der Waals surface area contributed by atoms with Crippen LogP contribution in [0.5, 0.6) is 0 Å². The van der Waals surface area contributed by atoms with Crippen molar-refractivity contribution in [3.05, 3.63) is 111 Å². The summed E-state index contributed by atoms with van der Waals surface area (Å²) in [6, 6.07) is 22.2. The third-order valence-electron chi connectivity index (χ3n) is 6.73. The highest BCUT2D eigenvalue weighted by atomic mass is 16.2. The van der Waals surface area contributed by atoms with Gasteiger partial charge in [-0.15, -0.1) is 0 Å².